The SMILES string of the molecule is Cc1ccc(N2C(=O)C=CC2=O)c(C)c1N1C(=O)C=CC1=O. The van der Waals surface area contributed by atoms with Crippen LogP contribution in [0, 0.1) is 13.8 Å². The fourth-order valence-corrected chi connectivity index (χ4v) is 2.67. The van der Waals surface area contributed by atoms with E-state index in [0.29, 0.717) is 22.5 Å². The number of benzene rings is 1. The molecule has 0 saturated heterocycles. The molecule has 6 heteroatoms. The largest absolute Gasteiger partial charge is 0.269 e. The van der Waals surface area contributed by atoms with Crippen LogP contribution in [0.3, 0.4) is 0 Å². The normalized spacial score (nSPS) is 17.4. The number of hydrogen-bond acceptors (Lipinski definition) is 4. The van der Waals surface area contributed by atoms with Gasteiger partial charge in [-0.3, -0.25) is 19.2 Å². The van der Waals surface area contributed by atoms with Crippen LogP contribution in [0.2, 0.25) is 0 Å². The van der Waals surface area contributed by atoms with Crippen molar-refractivity contribution in [3.05, 3.63) is 47.6 Å². The number of carbonyl (C=O) groups excluding carboxylic acids is 4. The Labute approximate surface area is 126 Å². The topological polar surface area (TPSA) is 74.8 Å². The van der Waals surface area contributed by atoms with Crippen LogP contribution in [-0.4, -0.2) is 23.6 Å². The van der Waals surface area contributed by atoms with E-state index in [4.69, 9.17) is 0 Å². The van der Waals surface area contributed by atoms with Crippen molar-refractivity contribution in [2.75, 3.05) is 9.80 Å². The van der Waals surface area contributed by atoms with Gasteiger partial charge in [-0.25, -0.2) is 9.80 Å². The summed E-state index contributed by atoms with van der Waals surface area (Å²) in [5, 5.41) is 0. The van der Waals surface area contributed by atoms with E-state index in [1.54, 1.807) is 26.0 Å². The second kappa shape index (κ2) is 4.77. The zero-order valence-corrected chi connectivity index (χ0v) is 12.0. The van der Waals surface area contributed by atoms with E-state index >= 15 is 0 Å². The minimum atomic E-state index is -0.444. The molecule has 6 nitrogen and oxygen atoms in total. The summed E-state index contributed by atoms with van der Waals surface area (Å²) in [4.78, 5) is 49.6. The van der Waals surface area contributed by atoms with Gasteiger partial charge in [0.05, 0.1) is 11.4 Å². The number of nitrogens with zero attached hydrogens (tertiary/aromatic N) is 2. The highest BCUT2D eigenvalue weighted by Crippen LogP contribution is 2.35. The van der Waals surface area contributed by atoms with E-state index in [9.17, 15) is 19.2 Å². The first kappa shape index (κ1) is 13.9. The van der Waals surface area contributed by atoms with Gasteiger partial charge in [0.15, 0.2) is 0 Å². The average molecular weight is 296 g/mol. The van der Waals surface area contributed by atoms with Gasteiger partial charge in [0, 0.05) is 24.3 Å². The second-order valence-electron chi connectivity index (χ2n) is 5.07. The number of carbonyl (C=O) groups is 4. The van der Waals surface area contributed by atoms with Crippen molar-refractivity contribution in [1.82, 2.24) is 0 Å². The first-order valence-corrected chi connectivity index (χ1v) is 6.64. The highest BCUT2D eigenvalue weighted by atomic mass is 16.2. The Morgan fingerprint density at radius 1 is 0.682 bits per heavy atom. The Bertz CT molecular complexity index is 769. The van der Waals surface area contributed by atoms with E-state index in [-0.39, 0.29) is 0 Å². The maximum atomic E-state index is 11.9. The third-order valence-electron chi connectivity index (χ3n) is 3.69. The molecule has 0 aliphatic carbocycles. The number of hydrogen-bond donors (Lipinski definition) is 0. The molecule has 0 N–H and O–H groups in total. The number of imide groups is 2. The summed E-state index contributed by atoms with van der Waals surface area (Å²) in [6.45, 7) is 3.44. The highest BCUT2D eigenvalue weighted by Gasteiger charge is 2.32. The fraction of sp³-hybridized carbons (Fsp3) is 0.125. The van der Waals surface area contributed by atoms with Crippen LogP contribution in [-0.2, 0) is 19.2 Å². The maximum absolute atomic E-state index is 11.9. The number of amides is 4. The highest BCUT2D eigenvalue weighted by molar-refractivity contribution is 6.30. The molecule has 0 spiro atoms. The van der Waals surface area contributed by atoms with Gasteiger partial charge >= 0.3 is 0 Å². The molecule has 2 aliphatic rings. The van der Waals surface area contributed by atoms with Crippen molar-refractivity contribution in [2.45, 2.75) is 13.8 Å². The summed E-state index contributed by atoms with van der Waals surface area (Å²) >= 11 is 0. The molecule has 0 fully saturated rings. The zero-order valence-electron chi connectivity index (χ0n) is 12.0. The van der Waals surface area contributed by atoms with Crippen molar-refractivity contribution in [3.8, 4) is 0 Å². The lowest BCUT2D eigenvalue weighted by Crippen LogP contribution is -2.33. The van der Waals surface area contributed by atoms with E-state index < -0.39 is 23.6 Å². The molecular formula is C16H12N2O4. The molecule has 2 aliphatic heterocycles. The van der Waals surface area contributed by atoms with Gasteiger partial charge in [0.2, 0.25) is 0 Å². The molecule has 0 radical (unpaired) electrons. The predicted octanol–water partition coefficient (Wildman–Crippen LogP) is 1.16. The van der Waals surface area contributed by atoms with Gasteiger partial charge in [-0.05, 0) is 31.0 Å². The lowest BCUT2D eigenvalue weighted by molar-refractivity contribution is -0.121. The van der Waals surface area contributed by atoms with Gasteiger partial charge in [0.1, 0.15) is 0 Å². The van der Waals surface area contributed by atoms with E-state index in [1.165, 1.54) is 24.3 Å². The molecule has 22 heavy (non-hydrogen) atoms. The summed E-state index contributed by atoms with van der Waals surface area (Å²) in [6, 6.07) is 3.31. The number of aryl methyl sites for hydroxylation is 1. The molecular weight excluding hydrogens is 284 g/mol. The number of anilines is 2. The third kappa shape index (κ3) is 1.88. The van der Waals surface area contributed by atoms with Crippen LogP contribution in [0.1, 0.15) is 11.1 Å². The minimum absolute atomic E-state index is 0.369. The third-order valence-corrected chi connectivity index (χ3v) is 3.69. The summed E-state index contributed by atoms with van der Waals surface area (Å²) in [5.74, 6) is -1.77. The molecule has 110 valence electrons. The fourth-order valence-electron chi connectivity index (χ4n) is 2.67. The Hall–Kier alpha value is -3.02. The molecule has 3 rings (SSSR count). The van der Waals surface area contributed by atoms with Crippen LogP contribution in [0.5, 0.6) is 0 Å². The lowest BCUT2D eigenvalue weighted by atomic mass is 10.0. The molecule has 0 bridgehead atoms. The molecule has 1 aromatic carbocycles. The molecule has 2 heterocycles. The first-order valence-electron chi connectivity index (χ1n) is 6.64. The first-order chi connectivity index (χ1) is 10.4. The van der Waals surface area contributed by atoms with Crippen LogP contribution in [0.25, 0.3) is 0 Å². The van der Waals surface area contributed by atoms with Gasteiger partial charge in [-0.2, -0.15) is 0 Å². The molecule has 0 saturated carbocycles. The van der Waals surface area contributed by atoms with Crippen molar-refractivity contribution >= 4 is 35.0 Å². The van der Waals surface area contributed by atoms with Crippen LogP contribution >= 0.6 is 0 Å². The smallest absolute Gasteiger partial charge is 0.258 e. The molecule has 1 aromatic rings. The van der Waals surface area contributed by atoms with Crippen molar-refractivity contribution in [2.24, 2.45) is 0 Å². The molecule has 0 aromatic heterocycles. The number of rotatable bonds is 2. The maximum Gasteiger partial charge on any atom is 0.258 e. The van der Waals surface area contributed by atoms with E-state index in [1.807, 2.05) is 0 Å². The van der Waals surface area contributed by atoms with Crippen molar-refractivity contribution in [1.29, 1.82) is 0 Å². The average Bonchev–Trinajstić information content (AvgIpc) is 2.96. The zero-order chi connectivity index (χ0) is 16.0. The van der Waals surface area contributed by atoms with Gasteiger partial charge in [0.25, 0.3) is 23.6 Å². The lowest BCUT2D eigenvalue weighted by Gasteiger charge is -2.24. The Morgan fingerprint density at radius 2 is 1.14 bits per heavy atom. The predicted molar refractivity (Wildman–Crippen MR) is 79.2 cm³/mol. The van der Waals surface area contributed by atoms with Crippen LogP contribution in [0.4, 0.5) is 11.4 Å². The van der Waals surface area contributed by atoms with Gasteiger partial charge in [-0.1, -0.05) is 6.07 Å². The molecule has 0 atom stereocenters. The molecule has 4 amide bonds. The Balaban J connectivity index is 2.15. The standard InChI is InChI=1S/C16H12N2O4/c1-9-3-4-11(17-12(19)5-6-13(17)20)10(2)16(9)18-14(21)7-8-15(18)22/h3-8H,1-2H3. The van der Waals surface area contributed by atoms with Crippen LogP contribution in [0.15, 0.2) is 36.4 Å². The van der Waals surface area contributed by atoms with Gasteiger partial charge in [-0.15, -0.1) is 0 Å². The van der Waals surface area contributed by atoms with E-state index in [0.717, 1.165) is 9.80 Å². The Kier molecular flexibility index (Phi) is 3.02. The summed E-state index contributed by atoms with van der Waals surface area (Å²) in [7, 11) is 0. The summed E-state index contributed by atoms with van der Waals surface area (Å²) in [5.41, 5.74) is 2.01. The Morgan fingerprint density at radius 3 is 1.64 bits per heavy atom. The minimum Gasteiger partial charge on any atom is -0.269 e. The van der Waals surface area contributed by atoms with Crippen LogP contribution < -0.4 is 9.80 Å². The summed E-state index contributed by atoms with van der Waals surface area (Å²) in [6.07, 6.45) is 4.77. The second-order valence-corrected chi connectivity index (χ2v) is 5.07. The monoisotopic (exact) mass is 296 g/mol. The quantitative estimate of drug-likeness (QED) is 0.768. The van der Waals surface area contributed by atoms with Crippen molar-refractivity contribution < 1.29 is 19.2 Å². The van der Waals surface area contributed by atoms with Gasteiger partial charge < -0.3 is 0 Å². The summed E-state index contributed by atoms with van der Waals surface area (Å²) < 4.78 is 0. The molecule has 0 unspecified atom stereocenters. The van der Waals surface area contributed by atoms with Crippen molar-refractivity contribution in [3.63, 3.8) is 0 Å². The van der Waals surface area contributed by atoms with E-state index in [2.05, 4.69) is 0 Å².